The first-order valence-electron chi connectivity index (χ1n) is 5.67. The number of nitrogens with two attached hydrogens (primary N) is 1. The Morgan fingerprint density at radius 3 is 2.21 bits per heavy atom. The van der Waals surface area contributed by atoms with Gasteiger partial charge in [0.05, 0.1) is 0 Å². The third-order valence-corrected chi connectivity index (χ3v) is 2.57. The molecule has 1 atom stereocenters. The standard InChI is InChI=1S/C14H13F2NO2/c15-10-5-11(16)7-13(6-10)19-8-14(18)9-1-3-12(17)4-2-9/h1-7,14,18H,8,17H2. The SMILES string of the molecule is Nc1ccc(C(O)COc2cc(F)cc(F)c2)cc1. The Morgan fingerprint density at radius 2 is 1.63 bits per heavy atom. The van der Waals surface area contributed by atoms with Gasteiger partial charge in [0.1, 0.15) is 30.1 Å². The van der Waals surface area contributed by atoms with Crippen molar-refractivity contribution in [1.82, 2.24) is 0 Å². The second-order valence-corrected chi connectivity index (χ2v) is 4.10. The van der Waals surface area contributed by atoms with Crippen molar-refractivity contribution in [2.45, 2.75) is 6.10 Å². The molecular formula is C14H13F2NO2. The summed E-state index contributed by atoms with van der Waals surface area (Å²) in [5, 5.41) is 9.86. The normalized spacial score (nSPS) is 12.2. The molecule has 2 rings (SSSR count). The molecule has 0 saturated heterocycles. The highest BCUT2D eigenvalue weighted by molar-refractivity contribution is 5.39. The number of rotatable bonds is 4. The lowest BCUT2D eigenvalue weighted by Crippen LogP contribution is -2.10. The Hall–Kier alpha value is -2.14. The van der Waals surface area contributed by atoms with Gasteiger partial charge in [-0.05, 0) is 17.7 Å². The van der Waals surface area contributed by atoms with Gasteiger partial charge in [-0.15, -0.1) is 0 Å². The summed E-state index contributed by atoms with van der Waals surface area (Å²) in [5.74, 6) is -1.42. The van der Waals surface area contributed by atoms with Gasteiger partial charge < -0.3 is 15.6 Å². The first-order chi connectivity index (χ1) is 9.04. The lowest BCUT2D eigenvalue weighted by atomic mass is 10.1. The molecule has 19 heavy (non-hydrogen) atoms. The predicted octanol–water partition coefficient (Wildman–Crippen LogP) is 2.66. The van der Waals surface area contributed by atoms with Crippen molar-refractivity contribution >= 4 is 5.69 Å². The second kappa shape index (κ2) is 5.67. The number of benzene rings is 2. The Morgan fingerprint density at radius 1 is 1.05 bits per heavy atom. The molecule has 0 aliphatic heterocycles. The van der Waals surface area contributed by atoms with Gasteiger partial charge in [0.25, 0.3) is 0 Å². The van der Waals surface area contributed by atoms with Crippen LogP contribution in [0, 0.1) is 11.6 Å². The lowest BCUT2D eigenvalue weighted by Gasteiger charge is -2.13. The number of hydrogen-bond donors (Lipinski definition) is 2. The zero-order valence-electron chi connectivity index (χ0n) is 10.0. The number of halogens is 2. The molecule has 0 fully saturated rings. The summed E-state index contributed by atoms with van der Waals surface area (Å²) in [6, 6.07) is 9.49. The molecule has 0 spiro atoms. The van der Waals surface area contributed by atoms with Crippen molar-refractivity contribution < 1.29 is 18.6 Å². The van der Waals surface area contributed by atoms with Crippen LogP contribution in [0.1, 0.15) is 11.7 Å². The predicted molar refractivity (Wildman–Crippen MR) is 67.7 cm³/mol. The molecule has 2 aromatic carbocycles. The fourth-order valence-electron chi connectivity index (χ4n) is 1.60. The van der Waals surface area contributed by atoms with Crippen molar-refractivity contribution in [2.75, 3.05) is 12.3 Å². The van der Waals surface area contributed by atoms with Crippen molar-refractivity contribution in [3.63, 3.8) is 0 Å². The van der Waals surface area contributed by atoms with E-state index in [1.165, 1.54) is 0 Å². The summed E-state index contributed by atoms with van der Waals surface area (Å²) in [6.45, 7) is -0.104. The van der Waals surface area contributed by atoms with Crippen LogP contribution in [0.4, 0.5) is 14.5 Å². The number of aliphatic hydroxyl groups is 1. The van der Waals surface area contributed by atoms with E-state index in [9.17, 15) is 13.9 Å². The van der Waals surface area contributed by atoms with Crippen LogP contribution in [0.15, 0.2) is 42.5 Å². The van der Waals surface area contributed by atoms with E-state index in [1.807, 2.05) is 0 Å². The van der Waals surface area contributed by atoms with Crippen molar-refractivity contribution in [3.05, 3.63) is 59.7 Å². The average Bonchev–Trinajstić information content (AvgIpc) is 2.36. The van der Waals surface area contributed by atoms with Crippen molar-refractivity contribution in [1.29, 1.82) is 0 Å². The minimum Gasteiger partial charge on any atom is -0.490 e. The van der Waals surface area contributed by atoms with E-state index < -0.39 is 17.7 Å². The highest BCUT2D eigenvalue weighted by atomic mass is 19.1. The minimum absolute atomic E-state index is 0.0343. The van der Waals surface area contributed by atoms with Crippen LogP contribution in [0.2, 0.25) is 0 Å². The van der Waals surface area contributed by atoms with Gasteiger partial charge >= 0.3 is 0 Å². The molecule has 0 aromatic heterocycles. The molecule has 0 bridgehead atoms. The van der Waals surface area contributed by atoms with E-state index in [0.717, 1.165) is 18.2 Å². The lowest BCUT2D eigenvalue weighted by molar-refractivity contribution is 0.108. The van der Waals surface area contributed by atoms with Gasteiger partial charge in [0, 0.05) is 23.9 Å². The summed E-state index contributed by atoms with van der Waals surface area (Å²) in [6.07, 6.45) is -0.896. The summed E-state index contributed by atoms with van der Waals surface area (Å²) >= 11 is 0. The largest absolute Gasteiger partial charge is 0.490 e. The molecule has 5 heteroatoms. The van der Waals surface area contributed by atoms with E-state index in [4.69, 9.17) is 10.5 Å². The highest BCUT2D eigenvalue weighted by Gasteiger charge is 2.09. The van der Waals surface area contributed by atoms with Gasteiger partial charge in [-0.3, -0.25) is 0 Å². The molecule has 0 saturated carbocycles. The van der Waals surface area contributed by atoms with E-state index in [0.29, 0.717) is 11.3 Å². The number of aliphatic hydroxyl groups excluding tert-OH is 1. The maximum Gasteiger partial charge on any atom is 0.129 e. The molecule has 3 N–H and O–H groups in total. The van der Waals surface area contributed by atoms with Gasteiger partial charge in [0.15, 0.2) is 0 Å². The summed E-state index contributed by atoms with van der Waals surface area (Å²) in [7, 11) is 0. The van der Waals surface area contributed by atoms with Gasteiger partial charge in [-0.25, -0.2) is 8.78 Å². The second-order valence-electron chi connectivity index (χ2n) is 4.10. The summed E-state index contributed by atoms with van der Waals surface area (Å²) in [5.41, 5.74) is 6.73. The molecule has 1 unspecified atom stereocenters. The molecule has 0 amide bonds. The van der Waals surface area contributed by atoms with Crippen LogP contribution in [0.3, 0.4) is 0 Å². The number of nitrogen functional groups attached to an aromatic ring is 1. The third kappa shape index (κ3) is 3.66. The molecule has 0 aliphatic rings. The topological polar surface area (TPSA) is 55.5 Å². The maximum absolute atomic E-state index is 12.9. The van der Waals surface area contributed by atoms with E-state index in [-0.39, 0.29) is 12.4 Å². The summed E-state index contributed by atoms with van der Waals surface area (Å²) < 4.78 is 31.0. The molecular weight excluding hydrogens is 252 g/mol. The fourth-order valence-corrected chi connectivity index (χ4v) is 1.60. The Bertz CT molecular complexity index is 538. The van der Waals surface area contributed by atoms with Gasteiger partial charge in [0.2, 0.25) is 0 Å². The molecule has 2 aromatic rings. The van der Waals surface area contributed by atoms with Gasteiger partial charge in [-0.1, -0.05) is 12.1 Å². The Labute approximate surface area is 109 Å². The van der Waals surface area contributed by atoms with E-state index >= 15 is 0 Å². The maximum atomic E-state index is 12.9. The average molecular weight is 265 g/mol. The van der Waals surface area contributed by atoms with Crippen LogP contribution in [0.5, 0.6) is 5.75 Å². The first-order valence-corrected chi connectivity index (χ1v) is 5.67. The van der Waals surface area contributed by atoms with Crippen LogP contribution in [0.25, 0.3) is 0 Å². The molecule has 3 nitrogen and oxygen atoms in total. The monoisotopic (exact) mass is 265 g/mol. The van der Waals surface area contributed by atoms with Crippen LogP contribution in [-0.2, 0) is 0 Å². The van der Waals surface area contributed by atoms with Crippen molar-refractivity contribution in [3.8, 4) is 5.75 Å². The zero-order chi connectivity index (χ0) is 13.8. The Balaban J connectivity index is 1.99. The Kier molecular flexibility index (Phi) is 3.97. The van der Waals surface area contributed by atoms with E-state index in [1.54, 1.807) is 24.3 Å². The van der Waals surface area contributed by atoms with Crippen LogP contribution in [-0.4, -0.2) is 11.7 Å². The minimum atomic E-state index is -0.896. The number of hydrogen-bond acceptors (Lipinski definition) is 3. The number of ether oxygens (including phenoxy) is 1. The summed E-state index contributed by atoms with van der Waals surface area (Å²) in [4.78, 5) is 0. The van der Waals surface area contributed by atoms with Gasteiger partial charge in [-0.2, -0.15) is 0 Å². The first kappa shape index (κ1) is 13.3. The molecule has 0 radical (unpaired) electrons. The van der Waals surface area contributed by atoms with Crippen LogP contribution < -0.4 is 10.5 Å². The van der Waals surface area contributed by atoms with E-state index in [2.05, 4.69) is 0 Å². The molecule has 100 valence electrons. The van der Waals surface area contributed by atoms with Crippen molar-refractivity contribution in [2.24, 2.45) is 0 Å². The fraction of sp³-hybridized carbons (Fsp3) is 0.143. The zero-order valence-corrected chi connectivity index (χ0v) is 10.0. The van der Waals surface area contributed by atoms with Crippen LogP contribution >= 0.6 is 0 Å². The quantitative estimate of drug-likeness (QED) is 0.836. The molecule has 0 aliphatic carbocycles. The highest BCUT2D eigenvalue weighted by Crippen LogP contribution is 2.19. The number of anilines is 1. The molecule has 0 heterocycles. The third-order valence-electron chi connectivity index (χ3n) is 2.57. The smallest absolute Gasteiger partial charge is 0.129 e.